The molecule has 1 aromatic rings. The smallest absolute Gasteiger partial charge is 0.287 e. The van der Waals surface area contributed by atoms with Crippen LogP contribution in [0.1, 0.15) is 15.9 Å². The third kappa shape index (κ3) is 2.47. The van der Waals surface area contributed by atoms with Crippen LogP contribution in [-0.4, -0.2) is 17.9 Å². The molecule has 0 aliphatic carbocycles. The Bertz CT molecular complexity index is 501. The Labute approximate surface area is 98.6 Å². The second kappa shape index (κ2) is 4.72. The van der Waals surface area contributed by atoms with Crippen molar-refractivity contribution in [2.75, 3.05) is 0 Å². The molecule has 0 saturated heterocycles. The molecule has 7 heteroatoms. The molecule has 1 aromatic carbocycles. The van der Waals surface area contributed by atoms with Crippen molar-refractivity contribution >= 4 is 5.78 Å². The van der Waals surface area contributed by atoms with Crippen molar-refractivity contribution in [3.63, 3.8) is 0 Å². The summed E-state index contributed by atoms with van der Waals surface area (Å²) in [4.78, 5) is 11.2. The minimum absolute atomic E-state index is 0.158. The lowest BCUT2D eigenvalue weighted by Gasteiger charge is -2.19. The molecule has 0 heterocycles. The van der Waals surface area contributed by atoms with Gasteiger partial charge in [0.05, 0.1) is 12.5 Å². The van der Waals surface area contributed by atoms with E-state index >= 15 is 0 Å². The first-order valence-electron chi connectivity index (χ1n) is 4.66. The maximum absolute atomic E-state index is 12.9. The molecule has 0 bridgehead atoms. The first-order chi connectivity index (χ1) is 8.21. The Morgan fingerprint density at radius 3 is 2.22 bits per heavy atom. The van der Waals surface area contributed by atoms with Gasteiger partial charge >= 0.3 is 12.1 Å². The SMILES string of the molecule is N#CCc1ccccc1C(=O)C(F)(F)C(F)(F)F. The summed E-state index contributed by atoms with van der Waals surface area (Å²) < 4.78 is 61.9. The van der Waals surface area contributed by atoms with Gasteiger partial charge in [0.15, 0.2) is 0 Å². The standard InChI is InChI=1S/C11H6F5NO/c12-10(13,11(14,15)16)9(18)8-4-2-1-3-7(8)5-6-17/h1-4H,5H2. The van der Waals surface area contributed by atoms with Crippen LogP contribution in [0.25, 0.3) is 0 Å². The zero-order valence-corrected chi connectivity index (χ0v) is 8.76. The van der Waals surface area contributed by atoms with Gasteiger partial charge in [-0.25, -0.2) is 0 Å². The van der Waals surface area contributed by atoms with Gasteiger partial charge in [-0.05, 0) is 5.56 Å². The first kappa shape index (κ1) is 14.1. The summed E-state index contributed by atoms with van der Waals surface area (Å²) in [6.07, 6.45) is -6.38. The van der Waals surface area contributed by atoms with E-state index in [0.717, 1.165) is 18.2 Å². The number of ketones is 1. The molecule has 96 valence electrons. The second-order valence-electron chi connectivity index (χ2n) is 3.39. The number of carbonyl (C=O) groups excluding carboxylic acids is 1. The monoisotopic (exact) mass is 263 g/mol. The molecule has 0 aliphatic heterocycles. The highest BCUT2D eigenvalue weighted by molar-refractivity contribution is 6.03. The molecule has 1 rings (SSSR count). The minimum atomic E-state index is -5.95. The summed E-state index contributed by atoms with van der Waals surface area (Å²) in [6, 6.07) is 6.08. The molecule has 0 unspecified atom stereocenters. The van der Waals surface area contributed by atoms with E-state index in [0.29, 0.717) is 0 Å². The number of nitrogens with zero attached hydrogens (tertiary/aromatic N) is 1. The van der Waals surface area contributed by atoms with Crippen LogP contribution >= 0.6 is 0 Å². The van der Waals surface area contributed by atoms with Gasteiger partial charge in [-0.15, -0.1) is 0 Å². The number of hydrogen-bond donors (Lipinski definition) is 0. The Hall–Kier alpha value is -1.97. The summed E-state index contributed by atoms with van der Waals surface area (Å²) in [7, 11) is 0. The van der Waals surface area contributed by atoms with Gasteiger partial charge in [0.2, 0.25) is 5.78 Å². The fourth-order valence-electron chi connectivity index (χ4n) is 1.28. The summed E-state index contributed by atoms with van der Waals surface area (Å²) in [6.45, 7) is 0. The van der Waals surface area contributed by atoms with Crippen molar-refractivity contribution in [3.05, 3.63) is 35.4 Å². The second-order valence-corrected chi connectivity index (χ2v) is 3.39. The normalized spacial score (nSPS) is 12.0. The molecule has 0 atom stereocenters. The lowest BCUT2D eigenvalue weighted by molar-refractivity contribution is -0.255. The average Bonchev–Trinajstić information content (AvgIpc) is 2.28. The van der Waals surface area contributed by atoms with Gasteiger partial charge in [-0.2, -0.15) is 27.2 Å². The molecule has 0 saturated carbocycles. The third-order valence-corrected chi connectivity index (χ3v) is 2.17. The molecule has 18 heavy (non-hydrogen) atoms. The van der Waals surface area contributed by atoms with Crippen molar-refractivity contribution in [1.29, 1.82) is 5.26 Å². The predicted octanol–water partition coefficient (Wildman–Crippen LogP) is 3.13. The van der Waals surface area contributed by atoms with Crippen LogP contribution in [0.4, 0.5) is 22.0 Å². The molecule has 0 spiro atoms. The van der Waals surface area contributed by atoms with E-state index < -0.39 is 29.9 Å². The molecular formula is C11H6F5NO. The number of alkyl halides is 5. The van der Waals surface area contributed by atoms with Gasteiger partial charge < -0.3 is 0 Å². The van der Waals surface area contributed by atoms with Crippen molar-refractivity contribution in [3.8, 4) is 6.07 Å². The Morgan fingerprint density at radius 1 is 1.17 bits per heavy atom. The number of benzene rings is 1. The maximum Gasteiger partial charge on any atom is 0.461 e. The van der Waals surface area contributed by atoms with Gasteiger partial charge in [0.1, 0.15) is 0 Å². The third-order valence-electron chi connectivity index (χ3n) is 2.17. The first-order valence-corrected chi connectivity index (χ1v) is 4.66. The number of hydrogen-bond acceptors (Lipinski definition) is 2. The van der Waals surface area contributed by atoms with Crippen molar-refractivity contribution in [1.82, 2.24) is 0 Å². The molecule has 0 amide bonds. The fraction of sp³-hybridized carbons (Fsp3) is 0.273. The molecule has 0 aliphatic rings. The van der Waals surface area contributed by atoms with Gasteiger partial charge in [0.25, 0.3) is 0 Å². The Balaban J connectivity index is 3.24. The van der Waals surface area contributed by atoms with E-state index in [1.54, 1.807) is 6.07 Å². The summed E-state index contributed by atoms with van der Waals surface area (Å²) in [5.41, 5.74) is -0.949. The summed E-state index contributed by atoms with van der Waals surface area (Å²) in [5, 5.41) is 8.42. The van der Waals surface area contributed by atoms with Crippen LogP contribution in [0.5, 0.6) is 0 Å². The zero-order chi connectivity index (χ0) is 14.0. The lowest BCUT2D eigenvalue weighted by atomic mass is 9.98. The van der Waals surface area contributed by atoms with Crippen LogP contribution in [0.15, 0.2) is 24.3 Å². The number of carbonyl (C=O) groups is 1. The van der Waals surface area contributed by atoms with Gasteiger partial charge in [-0.3, -0.25) is 4.79 Å². The van der Waals surface area contributed by atoms with Crippen molar-refractivity contribution < 1.29 is 26.7 Å². The van der Waals surface area contributed by atoms with Crippen LogP contribution in [0.3, 0.4) is 0 Å². The Kier molecular flexibility index (Phi) is 3.70. The van der Waals surface area contributed by atoms with E-state index in [2.05, 4.69) is 0 Å². The largest absolute Gasteiger partial charge is 0.461 e. The fourth-order valence-corrected chi connectivity index (χ4v) is 1.28. The van der Waals surface area contributed by atoms with Gasteiger partial charge in [-0.1, -0.05) is 24.3 Å². The average molecular weight is 263 g/mol. The number of nitriles is 1. The highest BCUT2D eigenvalue weighted by atomic mass is 19.4. The highest BCUT2D eigenvalue weighted by Crippen LogP contribution is 2.38. The van der Waals surface area contributed by atoms with Crippen LogP contribution in [-0.2, 0) is 6.42 Å². The van der Waals surface area contributed by atoms with E-state index in [1.807, 2.05) is 0 Å². The van der Waals surface area contributed by atoms with Crippen molar-refractivity contribution in [2.24, 2.45) is 0 Å². The van der Waals surface area contributed by atoms with Gasteiger partial charge in [0, 0.05) is 5.56 Å². The highest BCUT2D eigenvalue weighted by Gasteiger charge is 2.63. The van der Waals surface area contributed by atoms with Crippen molar-refractivity contribution in [2.45, 2.75) is 18.5 Å². The number of halogens is 5. The molecule has 0 fully saturated rings. The molecular weight excluding hydrogens is 257 g/mol. The zero-order valence-electron chi connectivity index (χ0n) is 8.76. The maximum atomic E-state index is 12.9. The lowest BCUT2D eigenvalue weighted by Crippen LogP contribution is -2.44. The summed E-state index contributed by atoms with van der Waals surface area (Å²) in [5.74, 6) is -7.81. The Morgan fingerprint density at radius 2 is 1.72 bits per heavy atom. The van der Waals surface area contributed by atoms with Crippen LogP contribution < -0.4 is 0 Å². The van der Waals surface area contributed by atoms with E-state index in [-0.39, 0.29) is 5.56 Å². The van der Waals surface area contributed by atoms with Crippen LogP contribution in [0, 0.1) is 11.3 Å². The molecule has 0 radical (unpaired) electrons. The topological polar surface area (TPSA) is 40.9 Å². The van der Waals surface area contributed by atoms with E-state index in [1.165, 1.54) is 6.07 Å². The molecule has 0 N–H and O–H groups in total. The minimum Gasteiger partial charge on any atom is -0.287 e. The quantitative estimate of drug-likeness (QED) is 0.621. The predicted molar refractivity (Wildman–Crippen MR) is 51.1 cm³/mol. The molecule has 2 nitrogen and oxygen atoms in total. The molecule has 0 aromatic heterocycles. The van der Waals surface area contributed by atoms with E-state index in [4.69, 9.17) is 5.26 Å². The van der Waals surface area contributed by atoms with E-state index in [9.17, 15) is 26.7 Å². The summed E-state index contributed by atoms with van der Waals surface area (Å²) >= 11 is 0. The number of rotatable bonds is 3. The van der Waals surface area contributed by atoms with Crippen LogP contribution in [0.2, 0.25) is 0 Å². The number of Topliss-reactive ketones (excluding diaryl/α,β-unsaturated/α-hetero) is 1.